The van der Waals surface area contributed by atoms with Crippen molar-refractivity contribution < 1.29 is 19.1 Å². The highest BCUT2D eigenvalue weighted by Gasteiger charge is 2.16. The number of benzene rings is 1. The Morgan fingerprint density at radius 3 is 2.48 bits per heavy atom. The Hall–Kier alpha value is -2.71. The van der Waals surface area contributed by atoms with Crippen LogP contribution in [0.25, 0.3) is 0 Å². The van der Waals surface area contributed by atoms with Gasteiger partial charge >= 0.3 is 5.97 Å². The second-order valence-corrected chi connectivity index (χ2v) is 6.78. The highest BCUT2D eigenvalue weighted by molar-refractivity contribution is 7.09. The number of rotatable bonds is 9. The number of methoxy groups -OCH3 is 1. The molecule has 1 aromatic heterocycles. The van der Waals surface area contributed by atoms with Gasteiger partial charge in [0.05, 0.1) is 38.0 Å². The van der Waals surface area contributed by atoms with Crippen molar-refractivity contribution >= 4 is 34.8 Å². The number of hydrogen-bond donors (Lipinski definition) is 2. The van der Waals surface area contributed by atoms with E-state index in [9.17, 15) is 14.4 Å². The van der Waals surface area contributed by atoms with Gasteiger partial charge in [-0.15, -0.1) is 11.3 Å². The molecule has 0 saturated heterocycles. The number of hydrogen-bond acceptors (Lipinski definition) is 6. The van der Waals surface area contributed by atoms with Gasteiger partial charge in [-0.2, -0.15) is 0 Å². The highest BCUT2D eigenvalue weighted by Crippen LogP contribution is 2.16. The summed E-state index contributed by atoms with van der Waals surface area (Å²) in [4.78, 5) is 39.0. The number of anilines is 1. The van der Waals surface area contributed by atoms with Crippen LogP contribution in [0, 0.1) is 0 Å². The number of esters is 1. The van der Waals surface area contributed by atoms with Crippen LogP contribution < -0.4 is 10.6 Å². The van der Waals surface area contributed by atoms with E-state index in [1.807, 2.05) is 24.4 Å². The molecule has 0 fully saturated rings. The van der Waals surface area contributed by atoms with Crippen molar-refractivity contribution in [3.05, 3.63) is 52.2 Å². The molecule has 0 atom stereocenters. The lowest BCUT2D eigenvalue weighted by molar-refractivity contribution is -0.123. The molecule has 1 aromatic carbocycles. The minimum atomic E-state index is -0.522. The van der Waals surface area contributed by atoms with Crippen molar-refractivity contribution in [2.75, 3.05) is 32.1 Å². The first kappa shape index (κ1) is 20.6. The van der Waals surface area contributed by atoms with Gasteiger partial charge in [0.15, 0.2) is 0 Å². The molecule has 0 bridgehead atoms. The monoisotopic (exact) mass is 389 g/mol. The smallest absolute Gasteiger partial charge is 0.339 e. The van der Waals surface area contributed by atoms with Crippen LogP contribution in [-0.2, 0) is 20.9 Å². The molecule has 1 heterocycles. The highest BCUT2D eigenvalue weighted by atomic mass is 32.1. The van der Waals surface area contributed by atoms with Gasteiger partial charge in [-0.25, -0.2) is 4.79 Å². The van der Waals surface area contributed by atoms with E-state index in [0.29, 0.717) is 18.8 Å². The van der Waals surface area contributed by atoms with E-state index < -0.39 is 5.97 Å². The molecule has 2 aromatic rings. The van der Waals surface area contributed by atoms with Gasteiger partial charge in [0.1, 0.15) is 0 Å². The molecule has 2 rings (SSSR count). The first-order valence-corrected chi connectivity index (χ1v) is 9.40. The van der Waals surface area contributed by atoms with Gasteiger partial charge in [-0.3, -0.25) is 14.5 Å². The predicted octanol–water partition coefficient (Wildman–Crippen LogP) is 2.11. The molecule has 8 heteroatoms. The molecule has 0 aliphatic rings. The van der Waals surface area contributed by atoms with E-state index in [1.54, 1.807) is 40.5 Å². The summed E-state index contributed by atoms with van der Waals surface area (Å²) in [6.07, 6.45) is 0. The van der Waals surface area contributed by atoms with Gasteiger partial charge < -0.3 is 15.4 Å². The lowest BCUT2D eigenvalue weighted by Gasteiger charge is -2.19. The van der Waals surface area contributed by atoms with E-state index in [4.69, 9.17) is 4.74 Å². The zero-order chi connectivity index (χ0) is 19.6. The van der Waals surface area contributed by atoms with Gasteiger partial charge in [-0.1, -0.05) is 25.1 Å². The number of amides is 2. The second-order valence-electron chi connectivity index (χ2n) is 5.74. The maximum absolute atomic E-state index is 12.3. The quantitative estimate of drug-likeness (QED) is 0.642. The Bertz CT molecular complexity index is 777. The minimum Gasteiger partial charge on any atom is -0.465 e. The van der Waals surface area contributed by atoms with Gasteiger partial charge in [-0.05, 0) is 30.1 Å². The van der Waals surface area contributed by atoms with E-state index in [2.05, 4.69) is 10.6 Å². The molecule has 2 N–H and O–H groups in total. The summed E-state index contributed by atoms with van der Waals surface area (Å²) in [6.45, 7) is 3.06. The molecule has 0 saturated carbocycles. The fraction of sp³-hybridized carbons (Fsp3) is 0.316. The van der Waals surface area contributed by atoms with Crippen LogP contribution >= 0.6 is 11.3 Å². The molecule has 144 valence electrons. The maximum Gasteiger partial charge on any atom is 0.339 e. The van der Waals surface area contributed by atoms with Crippen LogP contribution in [0.5, 0.6) is 0 Å². The third kappa shape index (κ3) is 6.50. The average molecular weight is 389 g/mol. The van der Waals surface area contributed by atoms with Gasteiger partial charge in [0.2, 0.25) is 11.8 Å². The Kier molecular flexibility index (Phi) is 7.97. The number of nitrogens with one attached hydrogen (secondary N) is 2. The third-order valence-electron chi connectivity index (χ3n) is 3.83. The van der Waals surface area contributed by atoms with Crippen molar-refractivity contribution in [3.8, 4) is 0 Å². The first-order chi connectivity index (χ1) is 13.0. The van der Waals surface area contributed by atoms with Crippen LogP contribution in [0.3, 0.4) is 0 Å². The molecular formula is C19H23N3O4S. The summed E-state index contributed by atoms with van der Waals surface area (Å²) >= 11 is 1.58. The Morgan fingerprint density at radius 1 is 1.07 bits per heavy atom. The lowest BCUT2D eigenvalue weighted by Crippen LogP contribution is -2.40. The summed E-state index contributed by atoms with van der Waals surface area (Å²) in [5.74, 6) is -0.974. The number of carbonyl (C=O) groups excluding carboxylic acids is 3. The van der Waals surface area contributed by atoms with Crippen LogP contribution in [-0.4, -0.2) is 49.4 Å². The predicted molar refractivity (Wildman–Crippen MR) is 105 cm³/mol. The van der Waals surface area contributed by atoms with Gasteiger partial charge in [0.25, 0.3) is 0 Å². The fourth-order valence-electron chi connectivity index (χ4n) is 2.41. The molecule has 0 aliphatic heterocycles. The van der Waals surface area contributed by atoms with E-state index in [-0.39, 0.29) is 30.5 Å². The van der Waals surface area contributed by atoms with Crippen molar-refractivity contribution in [1.29, 1.82) is 0 Å². The van der Waals surface area contributed by atoms with Crippen LogP contribution in [0.2, 0.25) is 0 Å². The Balaban J connectivity index is 1.87. The number of para-hydroxylation sites is 1. The zero-order valence-corrected chi connectivity index (χ0v) is 16.2. The zero-order valence-electron chi connectivity index (χ0n) is 15.4. The van der Waals surface area contributed by atoms with E-state index in [1.165, 1.54) is 7.11 Å². The summed E-state index contributed by atoms with van der Waals surface area (Å²) < 4.78 is 4.72. The number of likely N-dealkylation sites (N-methyl/N-ethyl adjacent to an activating group) is 1. The largest absolute Gasteiger partial charge is 0.465 e. The molecule has 27 heavy (non-hydrogen) atoms. The average Bonchev–Trinajstić information content (AvgIpc) is 3.19. The molecule has 2 amide bonds. The van der Waals surface area contributed by atoms with Crippen molar-refractivity contribution in [3.63, 3.8) is 0 Å². The van der Waals surface area contributed by atoms with Crippen LogP contribution in [0.1, 0.15) is 22.2 Å². The molecule has 0 radical (unpaired) electrons. The maximum atomic E-state index is 12.3. The van der Waals surface area contributed by atoms with Crippen molar-refractivity contribution in [2.24, 2.45) is 0 Å². The molecule has 0 spiro atoms. The van der Waals surface area contributed by atoms with Gasteiger partial charge in [0, 0.05) is 4.88 Å². The number of thiophene rings is 1. The number of nitrogens with zero attached hydrogens (tertiary/aromatic N) is 1. The topological polar surface area (TPSA) is 87.7 Å². The number of ether oxygens (including phenoxy) is 1. The summed E-state index contributed by atoms with van der Waals surface area (Å²) in [5, 5.41) is 7.50. The van der Waals surface area contributed by atoms with Crippen molar-refractivity contribution in [1.82, 2.24) is 10.2 Å². The Labute approximate surface area is 162 Å². The standard InChI is InChI=1S/C19H23N3O4S/c1-3-22(12-17(23)20-11-14-7-6-10-27-14)13-18(24)21-16-9-5-4-8-15(16)19(25)26-2/h4-10H,3,11-13H2,1-2H3,(H,20,23)(H,21,24). The SMILES string of the molecule is CCN(CC(=O)NCc1cccs1)CC(=O)Nc1ccccc1C(=O)OC. The summed E-state index contributed by atoms with van der Waals surface area (Å²) in [7, 11) is 1.29. The molecule has 7 nitrogen and oxygen atoms in total. The Morgan fingerprint density at radius 2 is 1.81 bits per heavy atom. The molecular weight excluding hydrogens is 366 g/mol. The lowest BCUT2D eigenvalue weighted by atomic mass is 10.2. The third-order valence-corrected chi connectivity index (χ3v) is 4.70. The minimum absolute atomic E-state index is 0.0401. The number of carbonyl (C=O) groups is 3. The summed E-state index contributed by atoms with van der Waals surface area (Å²) in [6, 6.07) is 10.5. The first-order valence-electron chi connectivity index (χ1n) is 8.52. The fourth-order valence-corrected chi connectivity index (χ4v) is 3.05. The van der Waals surface area contributed by atoms with E-state index >= 15 is 0 Å². The molecule has 0 unspecified atom stereocenters. The summed E-state index contributed by atoms with van der Waals surface area (Å²) in [5.41, 5.74) is 0.664. The normalized spacial score (nSPS) is 10.5. The van der Waals surface area contributed by atoms with E-state index in [0.717, 1.165) is 4.88 Å². The van der Waals surface area contributed by atoms with Crippen LogP contribution in [0.4, 0.5) is 5.69 Å². The van der Waals surface area contributed by atoms with Crippen molar-refractivity contribution in [2.45, 2.75) is 13.5 Å². The van der Waals surface area contributed by atoms with Crippen LogP contribution in [0.15, 0.2) is 41.8 Å². The molecule has 0 aliphatic carbocycles. The second kappa shape index (κ2) is 10.4.